The summed E-state index contributed by atoms with van der Waals surface area (Å²) in [5, 5.41) is 2.95. The number of fused-ring (bicyclic) bond motifs is 1. The van der Waals surface area contributed by atoms with Gasteiger partial charge in [-0.1, -0.05) is 22.5 Å². The lowest BCUT2D eigenvalue weighted by atomic mass is 10.1. The number of benzene rings is 1. The highest BCUT2D eigenvalue weighted by atomic mass is 79.9. The van der Waals surface area contributed by atoms with Crippen LogP contribution in [0.1, 0.15) is 20.7 Å². The van der Waals surface area contributed by atoms with Crippen LogP contribution in [0, 0.1) is 0 Å². The van der Waals surface area contributed by atoms with Gasteiger partial charge >= 0.3 is 0 Å². The second-order valence-electron chi connectivity index (χ2n) is 4.17. The minimum atomic E-state index is -0.256. The van der Waals surface area contributed by atoms with Gasteiger partial charge in [-0.15, -0.1) is 0 Å². The number of nitrogens with one attached hydrogen (secondary N) is 1. The lowest BCUT2D eigenvalue weighted by Gasteiger charge is -2.15. The molecule has 1 aromatic rings. The Labute approximate surface area is 114 Å². The molecular formula is C13H13BrN2O2. The highest BCUT2D eigenvalue weighted by molar-refractivity contribution is 9.10. The van der Waals surface area contributed by atoms with Gasteiger partial charge in [0.15, 0.2) is 0 Å². The average Bonchev–Trinajstić information content (AvgIpc) is 2.55. The molecule has 0 saturated heterocycles. The second kappa shape index (κ2) is 5.04. The number of likely N-dealkylation sites (N-methyl/N-ethyl adjacent to an activating group) is 1. The number of nitrogens with zero attached hydrogens (tertiary/aromatic N) is 1. The fourth-order valence-corrected chi connectivity index (χ4v) is 2.30. The summed E-state index contributed by atoms with van der Waals surface area (Å²) in [5.74, 6) is -0.506. The van der Waals surface area contributed by atoms with Crippen LogP contribution >= 0.6 is 15.9 Å². The Morgan fingerprint density at radius 1 is 1.33 bits per heavy atom. The van der Waals surface area contributed by atoms with E-state index in [4.69, 9.17) is 0 Å². The lowest BCUT2D eigenvalue weighted by Crippen LogP contribution is -2.33. The molecule has 94 valence electrons. The quantitative estimate of drug-likeness (QED) is 0.682. The molecule has 5 heteroatoms. The highest BCUT2D eigenvalue weighted by Gasteiger charge is 2.35. The Morgan fingerprint density at radius 3 is 2.67 bits per heavy atom. The van der Waals surface area contributed by atoms with E-state index >= 15 is 0 Å². The van der Waals surface area contributed by atoms with Crippen molar-refractivity contribution in [3.05, 3.63) is 46.0 Å². The van der Waals surface area contributed by atoms with E-state index in [0.29, 0.717) is 17.7 Å². The number of rotatable bonds is 4. The molecule has 0 fully saturated rings. The van der Waals surface area contributed by atoms with Gasteiger partial charge in [-0.2, -0.15) is 0 Å². The summed E-state index contributed by atoms with van der Waals surface area (Å²) in [5.41, 5.74) is 1.71. The summed E-state index contributed by atoms with van der Waals surface area (Å²) < 4.78 is 0.790. The minimum Gasteiger partial charge on any atom is -0.316 e. The molecule has 4 nitrogen and oxygen atoms in total. The van der Waals surface area contributed by atoms with Crippen LogP contribution < -0.4 is 5.32 Å². The van der Waals surface area contributed by atoms with E-state index in [1.807, 2.05) is 0 Å². The molecule has 18 heavy (non-hydrogen) atoms. The topological polar surface area (TPSA) is 49.4 Å². The molecule has 0 unspecified atom stereocenters. The van der Waals surface area contributed by atoms with Gasteiger partial charge in [0.1, 0.15) is 0 Å². The Bertz CT molecular complexity index is 540. The standard InChI is InChI=1S/C13H13BrN2O2/c1-8(6-15-2)7-16-12(17)10-4-3-9(14)5-11(10)13(16)18/h3-5,15H,1,6-7H2,2H3. The number of carbonyl (C=O) groups excluding carboxylic acids is 2. The van der Waals surface area contributed by atoms with Gasteiger partial charge < -0.3 is 5.32 Å². The highest BCUT2D eigenvalue weighted by Crippen LogP contribution is 2.26. The summed E-state index contributed by atoms with van der Waals surface area (Å²) in [6.45, 7) is 4.67. The number of halogens is 1. The summed E-state index contributed by atoms with van der Waals surface area (Å²) >= 11 is 3.30. The predicted octanol–water partition coefficient (Wildman–Crippen LogP) is 1.82. The van der Waals surface area contributed by atoms with Crippen LogP contribution in [0.3, 0.4) is 0 Å². The summed E-state index contributed by atoms with van der Waals surface area (Å²) in [6, 6.07) is 5.10. The number of hydrogen-bond donors (Lipinski definition) is 1. The number of amides is 2. The number of hydrogen-bond acceptors (Lipinski definition) is 3. The van der Waals surface area contributed by atoms with Gasteiger partial charge in [0.25, 0.3) is 11.8 Å². The zero-order chi connectivity index (χ0) is 13.3. The third kappa shape index (κ3) is 2.23. The molecule has 1 aromatic carbocycles. The lowest BCUT2D eigenvalue weighted by molar-refractivity contribution is 0.0667. The molecule has 0 atom stereocenters. The van der Waals surface area contributed by atoms with E-state index in [9.17, 15) is 9.59 Å². The first-order valence-electron chi connectivity index (χ1n) is 5.51. The Kier molecular flexibility index (Phi) is 3.63. The SMILES string of the molecule is C=C(CNC)CN1C(=O)c2ccc(Br)cc2C1=O. The summed E-state index contributed by atoms with van der Waals surface area (Å²) in [7, 11) is 1.80. The first-order chi connectivity index (χ1) is 8.54. The fraction of sp³-hybridized carbons (Fsp3) is 0.231. The molecule has 2 rings (SSSR count). The summed E-state index contributed by atoms with van der Waals surface area (Å²) in [4.78, 5) is 25.4. The van der Waals surface area contributed by atoms with Crippen molar-refractivity contribution in [1.82, 2.24) is 10.2 Å². The van der Waals surface area contributed by atoms with E-state index in [2.05, 4.69) is 27.8 Å². The normalized spacial score (nSPS) is 14.0. The van der Waals surface area contributed by atoms with E-state index in [1.165, 1.54) is 4.90 Å². The van der Waals surface area contributed by atoms with Crippen LogP contribution in [0.4, 0.5) is 0 Å². The van der Waals surface area contributed by atoms with Crippen molar-refractivity contribution in [1.29, 1.82) is 0 Å². The zero-order valence-electron chi connectivity index (χ0n) is 10.00. The van der Waals surface area contributed by atoms with E-state index in [0.717, 1.165) is 10.0 Å². The van der Waals surface area contributed by atoms with Crippen molar-refractivity contribution < 1.29 is 9.59 Å². The van der Waals surface area contributed by atoms with E-state index < -0.39 is 0 Å². The molecule has 2 amide bonds. The van der Waals surface area contributed by atoms with Gasteiger partial charge in [0, 0.05) is 11.0 Å². The first kappa shape index (κ1) is 13.0. The molecule has 0 radical (unpaired) electrons. The zero-order valence-corrected chi connectivity index (χ0v) is 11.6. The second-order valence-corrected chi connectivity index (χ2v) is 5.08. The van der Waals surface area contributed by atoms with Crippen LogP contribution in [0.5, 0.6) is 0 Å². The fourth-order valence-electron chi connectivity index (χ4n) is 1.94. The molecular weight excluding hydrogens is 296 g/mol. The van der Waals surface area contributed by atoms with Crippen LogP contribution in [0.2, 0.25) is 0 Å². The predicted molar refractivity (Wildman–Crippen MR) is 72.6 cm³/mol. The maximum atomic E-state index is 12.1. The van der Waals surface area contributed by atoms with Gasteiger partial charge in [-0.25, -0.2) is 0 Å². The third-order valence-corrected chi connectivity index (χ3v) is 3.23. The maximum absolute atomic E-state index is 12.1. The van der Waals surface area contributed by atoms with Crippen molar-refractivity contribution >= 4 is 27.7 Å². The van der Waals surface area contributed by atoms with Crippen LogP contribution in [0.25, 0.3) is 0 Å². The van der Waals surface area contributed by atoms with Crippen LogP contribution in [-0.4, -0.2) is 36.9 Å². The third-order valence-electron chi connectivity index (χ3n) is 2.74. The smallest absolute Gasteiger partial charge is 0.261 e. The van der Waals surface area contributed by atoms with Crippen molar-refractivity contribution in [2.45, 2.75) is 0 Å². The molecule has 1 aliphatic heterocycles. The number of imide groups is 1. The molecule has 0 aliphatic carbocycles. The summed E-state index contributed by atoms with van der Waals surface area (Å²) in [6.07, 6.45) is 0. The van der Waals surface area contributed by atoms with Crippen LogP contribution in [-0.2, 0) is 0 Å². The molecule has 1 heterocycles. The van der Waals surface area contributed by atoms with E-state index in [1.54, 1.807) is 25.2 Å². The Morgan fingerprint density at radius 2 is 2.00 bits per heavy atom. The minimum absolute atomic E-state index is 0.250. The van der Waals surface area contributed by atoms with Gasteiger partial charge in [0.05, 0.1) is 17.7 Å². The van der Waals surface area contributed by atoms with Crippen molar-refractivity contribution in [2.75, 3.05) is 20.1 Å². The number of carbonyl (C=O) groups is 2. The monoisotopic (exact) mass is 308 g/mol. The van der Waals surface area contributed by atoms with E-state index in [-0.39, 0.29) is 18.4 Å². The average molecular weight is 309 g/mol. The van der Waals surface area contributed by atoms with Gasteiger partial charge in [-0.3, -0.25) is 14.5 Å². The van der Waals surface area contributed by atoms with Crippen molar-refractivity contribution in [3.8, 4) is 0 Å². The molecule has 0 spiro atoms. The van der Waals surface area contributed by atoms with Crippen molar-refractivity contribution in [3.63, 3.8) is 0 Å². The Hall–Kier alpha value is -1.46. The molecule has 0 aromatic heterocycles. The van der Waals surface area contributed by atoms with Gasteiger partial charge in [-0.05, 0) is 30.8 Å². The van der Waals surface area contributed by atoms with Crippen LogP contribution in [0.15, 0.2) is 34.8 Å². The molecule has 1 N–H and O–H groups in total. The molecule has 0 bridgehead atoms. The molecule has 1 aliphatic rings. The first-order valence-corrected chi connectivity index (χ1v) is 6.31. The van der Waals surface area contributed by atoms with Gasteiger partial charge in [0.2, 0.25) is 0 Å². The largest absolute Gasteiger partial charge is 0.316 e. The molecule has 0 saturated carbocycles. The van der Waals surface area contributed by atoms with Crippen molar-refractivity contribution in [2.24, 2.45) is 0 Å². The maximum Gasteiger partial charge on any atom is 0.261 e. The Balaban J connectivity index is 2.26.